The minimum atomic E-state index is -0.392. The summed E-state index contributed by atoms with van der Waals surface area (Å²) >= 11 is 0. The molecule has 2 nitrogen and oxygen atoms in total. The van der Waals surface area contributed by atoms with Crippen molar-refractivity contribution in [1.29, 1.82) is 0 Å². The third-order valence-corrected chi connectivity index (χ3v) is 3.23. The van der Waals surface area contributed by atoms with Crippen molar-refractivity contribution in [2.75, 3.05) is 0 Å². The van der Waals surface area contributed by atoms with Gasteiger partial charge in [0, 0.05) is 0 Å². The second-order valence-corrected chi connectivity index (χ2v) is 4.56. The summed E-state index contributed by atoms with van der Waals surface area (Å²) in [6.45, 7) is 4.08. The summed E-state index contributed by atoms with van der Waals surface area (Å²) in [5.74, 6) is 1.70. The van der Waals surface area contributed by atoms with E-state index < -0.39 is 6.10 Å². The molecule has 0 spiro atoms. The molecule has 0 aliphatic rings. The number of rotatable bonds is 5. The molecule has 0 radical (unpaired) electrons. The van der Waals surface area contributed by atoms with E-state index in [1.807, 2.05) is 49.4 Å². The minimum absolute atomic E-state index is 0.392. The van der Waals surface area contributed by atoms with Crippen molar-refractivity contribution in [1.82, 2.24) is 0 Å². The molecular formula is C17H20O2. The van der Waals surface area contributed by atoms with Gasteiger partial charge in [-0.1, -0.05) is 44.2 Å². The van der Waals surface area contributed by atoms with E-state index in [4.69, 9.17) is 4.74 Å². The van der Waals surface area contributed by atoms with Crippen LogP contribution in [0.2, 0.25) is 0 Å². The molecule has 1 atom stereocenters. The highest BCUT2D eigenvalue weighted by molar-refractivity contribution is 5.38. The Morgan fingerprint density at radius 2 is 1.68 bits per heavy atom. The Kier molecular flexibility index (Phi) is 4.58. The van der Waals surface area contributed by atoms with Crippen LogP contribution < -0.4 is 4.74 Å². The maximum Gasteiger partial charge on any atom is 0.130 e. The molecule has 0 saturated carbocycles. The summed E-state index contributed by atoms with van der Waals surface area (Å²) in [7, 11) is 0. The summed E-state index contributed by atoms with van der Waals surface area (Å²) in [5, 5.41) is 9.75. The van der Waals surface area contributed by atoms with Gasteiger partial charge in [-0.2, -0.15) is 0 Å². The topological polar surface area (TPSA) is 29.5 Å². The Labute approximate surface area is 114 Å². The van der Waals surface area contributed by atoms with Gasteiger partial charge in [-0.15, -0.1) is 0 Å². The van der Waals surface area contributed by atoms with Crippen LogP contribution in [-0.4, -0.2) is 5.11 Å². The van der Waals surface area contributed by atoms with Crippen LogP contribution in [0.15, 0.2) is 48.5 Å². The summed E-state index contributed by atoms with van der Waals surface area (Å²) in [6.07, 6.45) is 1.28. The third kappa shape index (κ3) is 3.36. The van der Waals surface area contributed by atoms with Crippen LogP contribution in [0, 0.1) is 0 Å². The number of para-hydroxylation sites is 1. The first-order chi connectivity index (χ1) is 9.24. The number of hydrogen-bond acceptors (Lipinski definition) is 2. The molecule has 100 valence electrons. The first-order valence-corrected chi connectivity index (χ1v) is 6.78. The molecule has 19 heavy (non-hydrogen) atoms. The van der Waals surface area contributed by atoms with Crippen molar-refractivity contribution < 1.29 is 9.84 Å². The predicted molar refractivity (Wildman–Crippen MR) is 77.6 cm³/mol. The molecule has 0 heterocycles. The van der Waals surface area contributed by atoms with Gasteiger partial charge in [-0.3, -0.25) is 0 Å². The molecule has 2 aromatic rings. The number of aryl methyl sites for hydroxylation is 1. The molecule has 2 aromatic carbocycles. The Bertz CT molecular complexity index is 517. The van der Waals surface area contributed by atoms with E-state index in [-0.39, 0.29) is 0 Å². The highest BCUT2D eigenvalue weighted by Crippen LogP contribution is 2.27. The van der Waals surface area contributed by atoms with Crippen LogP contribution in [0.4, 0.5) is 0 Å². The van der Waals surface area contributed by atoms with Crippen LogP contribution in [0.5, 0.6) is 11.5 Å². The summed E-state index contributed by atoms with van der Waals surface area (Å²) in [4.78, 5) is 0. The third-order valence-electron chi connectivity index (χ3n) is 3.23. The van der Waals surface area contributed by atoms with E-state index in [1.165, 1.54) is 5.56 Å². The molecule has 0 aliphatic heterocycles. The molecule has 1 N–H and O–H groups in total. The van der Waals surface area contributed by atoms with Gasteiger partial charge in [0.25, 0.3) is 0 Å². The number of ether oxygens (including phenoxy) is 1. The number of hydrogen-bond donors (Lipinski definition) is 1. The van der Waals surface area contributed by atoms with Crippen molar-refractivity contribution in [2.45, 2.75) is 32.8 Å². The van der Waals surface area contributed by atoms with Crippen molar-refractivity contribution >= 4 is 0 Å². The van der Waals surface area contributed by atoms with Crippen molar-refractivity contribution in [2.24, 2.45) is 0 Å². The molecule has 2 heteroatoms. The zero-order valence-electron chi connectivity index (χ0n) is 11.5. The lowest BCUT2D eigenvalue weighted by atomic mass is 10.1. The Morgan fingerprint density at radius 1 is 1.00 bits per heavy atom. The number of aliphatic hydroxyl groups is 1. The number of benzene rings is 2. The van der Waals surface area contributed by atoms with E-state index in [0.29, 0.717) is 0 Å². The highest BCUT2D eigenvalue weighted by atomic mass is 16.5. The minimum Gasteiger partial charge on any atom is -0.457 e. The summed E-state index contributed by atoms with van der Waals surface area (Å²) in [6, 6.07) is 15.7. The van der Waals surface area contributed by atoms with Gasteiger partial charge in [0.1, 0.15) is 11.5 Å². The van der Waals surface area contributed by atoms with Crippen LogP contribution in [0.1, 0.15) is 37.5 Å². The number of aliphatic hydroxyl groups excluding tert-OH is 1. The van der Waals surface area contributed by atoms with Gasteiger partial charge in [-0.25, -0.2) is 0 Å². The molecule has 0 bridgehead atoms. The molecule has 0 saturated heterocycles. The average molecular weight is 256 g/mol. The SMILES string of the molecule is CCc1ccccc1Oc1ccc([C@@H](O)CC)cc1. The van der Waals surface area contributed by atoms with Gasteiger partial charge < -0.3 is 9.84 Å². The second-order valence-electron chi connectivity index (χ2n) is 4.56. The molecule has 0 fully saturated rings. The first-order valence-electron chi connectivity index (χ1n) is 6.78. The largest absolute Gasteiger partial charge is 0.457 e. The van der Waals surface area contributed by atoms with Gasteiger partial charge in [0.05, 0.1) is 6.10 Å². The summed E-state index contributed by atoms with van der Waals surface area (Å²) < 4.78 is 5.89. The lowest BCUT2D eigenvalue weighted by molar-refractivity contribution is 0.173. The van der Waals surface area contributed by atoms with E-state index in [0.717, 1.165) is 29.9 Å². The van der Waals surface area contributed by atoms with E-state index in [1.54, 1.807) is 0 Å². The van der Waals surface area contributed by atoms with Crippen LogP contribution >= 0.6 is 0 Å². The fourth-order valence-corrected chi connectivity index (χ4v) is 2.02. The second kappa shape index (κ2) is 6.39. The monoisotopic (exact) mass is 256 g/mol. The van der Waals surface area contributed by atoms with Crippen molar-refractivity contribution in [3.63, 3.8) is 0 Å². The quantitative estimate of drug-likeness (QED) is 0.854. The smallest absolute Gasteiger partial charge is 0.130 e. The van der Waals surface area contributed by atoms with Crippen molar-refractivity contribution in [3.05, 3.63) is 59.7 Å². The average Bonchev–Trinajstić information content (AvgIpc) is 2.48. The normalized spacial score (nSPS) is 12.2. The van der Waals surface area contributed by atoms with Gasteiger partial charge >= 0.3 is 0 Å². The van der Waals surface area contributed by atoms with E-state index in [9.17, 15) is 5.11 Å². The van der Waals surface area contributed by atoms with Crippen molar-refractivity contribution in [3.8, 4) is 11.5 Å². The van der Waals surface area contributed by atoms with E-state index in [2.05, 4.69) is 13.0 Å². The van der Waals surface area contributed by atoms with Gasteiger partial charge in [-0.05, 0) is 42.2 Å². The summed E-state index contributed by atoms with van der Waals surface area (Å²) in [5.41, 5.74) is 2.12. The predicted octanol–water partition coefficient (Wildman–Crippen LogP) is 4.48. The lowest BCUT2D eigenvalue weighted by Crippen LogP contribution is -1.95. The first kappa shape index (κ1) is 13.6. The molecule has 0 aromatic heterocycles. The fourth-order valence-electron chi connectivity index (χ4n) is 2.02. The molecule has 0 unspecified atom stereocenters. The molecular weight excluding hydrogens is 236 g/mol. The Balaban J connectivity index is 2.15. The van der Waals surface area contributed by atoms with Crippen LogP contribution in [0.25, 0.3) is 0 Å². The van der Waals surface area contributed by atoms with Crippen LogP contribution in [-0.2, 0) is 6.42 Å². The van der Waals surface area contributed by atoms with Gasteiger partial charge in [0.2, 0.25) is 0 Å². The molecule has 0 aliphatic carbocycles. The van der Waals surface area contributed by atoms with Crippen LogP contribution in [0.3, 0.4) is 0 Å². The maximum atomic E-state index is 9.75. The van der Waals surface area contributed by atoms with E-state index >= 15 is 0 Å². The Morgan fingerprint density at radius 3 is 2.32 bits per heavy atom. The lowest BCUT2D eigenvalue weighted by Gasteiger charge is -2.12. The highest BCUT2D eigenvalue weighted by Gasteiger charge is 2.06. The standard InChI is InChI=1S/C17H20O2/c1-3-13-7-5-6-8-17(13)19-15-11-9-14(10-12-15)16(18)4-2/h5-12,16,18H,3-4H2,1-2H3/t16-/m0/s1. The molecule has 0 amide bonds. The van der Waals surface area contributed by atoms with Gasteiger partial charge in [0.15, 0.2) is 0 Å². The zero-order chi connectivity index (χ0) is 13.7. The molecule has 2 rings (SSSR count). The fraction of sp³-hybridized carbons (Fsp3) is 0.294. The maximum absolute atomic E-state index is 9.75. The zero-order valence-corrected chi connectivity index (χ0v) is 11.5. The Hall–Kier alpha value is -1.80.